The number of aryl methyl sites for hydroxylation is 1. The predicted molar refractivity (Wildman–Crippen MR) is 87.4 cm³/mol. The third-order valence-corrected chi connectivity index (χ3v) is 3.29. The molecule has 0 saturated carbocycles. The summed E-state index contributed by atoms with van der Waals surface area (Å²) in [6, 6.07) is 4.54. The van der Waals surface area contributed by atoms with Crippen molar-refractivity contribution in [1.29, 1.82) is 0 Å². The minimum atomic E-state index is -0.839. The quantitative estimate of drug-likeness (QED) is 0.469. The van der Waals surface area contributed by atoms with Crippen molar-refractivity contribution in [1.82, 2.24) is 10.9 Å². The van der Waals surface area contributed by atoms with E-state index in [0.717, 1.165) is 18.2 Å². The van der Waals surface area contributed by atoms with Crippen molar-refractivity contribution in [3.05, 3.63) is 63.1 Å². The van der Waals surface area contributed by atoms with Crippen molar-refractivity contribution in [2.75, 3.05) is 6.61 Å². The van der Waals surface area contributed by atoms with Crippen molar-refractivity contribution < 1.29 is 28.5 Å². The Morgan fingerprint density at radius 3 is 2.38 bits per heavy atom. The Bertz CT molecular complexity index is 872. The minimum Gasteiger partial charge on any atom is -0.469 e. The first-order valence-corrected chi connectivity index (χ1v) is 7.44. The first kappa shape index (κ1) is 18.6. The smallest absolute Gasteiger partial charge is 0.338 e. The lowest BCUT2D eigenvalue weighted by atomic mass is 10.1. The number of nitrogens with one attached hydrogen (secondary N) is 2. The van der Waals surface area contributed by atoms with Gasteiger partial charge in [-0.15, -0.1) is 0 Å². The number of carbonyl (C=O) groups is 3. The number of nitrogens with zero attached hydrogens (tertiary/aromatic N) is 1. The van der Waals surface area contributed by atoms with Gasteiger partial charge in [-0.25, -0.2) is 4.79 Å². The van der Waals surface area contributed by atoms with Gasteiger partial charge in [0.2, 0.25) is 0 Å². The number of hydrazine groups is 1. The first-order valence-electron chi connectivity index (χ1n) is 7.44. The highest BCUT2D eigenvalue weighted by molar-refractivity contribution is 6.01. The number of hydrogen-bond acceptors (Lipinski definition) is 7. The van der Waals surface area contributed by atoms with Crippen LogP contribution in [0.25, 0.3) is 0 Å². The van der Waals surface area contributed by atoms with Crippen molar-refractivity contribution in [2.24, 2.45) is 0 Å². The van der Waals surface area contributed by atoms with Crippen LogP contribution in [0.1, 0.15) is 43.8 Å². The number of rotatable bonds is 5. The lowest BCUT2D eigenvalue weighted by Gasteiger charge is -2.08. The van der Waals surface area contributed by atoms with Crippen molar-refractivity contribution in [3.8, 4) is 0 Å². The molecule has 0 aliphatic heterocycles. The summed E-state index contributed by atoms with van der Waals surface area (Å²) in [5, 5.41) is 11.0. The van der Waals surface area contributed by atoms with E-state index < -0.39 is 28.4 Å². The van der Waals surface area contributed by atoms with E-state index in [1.807, 2.05) is 0 Å². The van der Waals surface area contributed by atoms with Crippen molar-refractivity contribution in [3.63, 3.8) is 0 Å². The molecule has 2 aromatic rings. The Balaban J connectivity index is 2.19. The molecule has 0 fully saturated rings. The van der Waals surface area contributed by atoms with Crippen LogP contribution in [-0.2, 0) is 4.74 Å². The SMILES string of the molecule is CCOC(=O)c1cc(C(=O)NNC(=O)c2ccoc2C)cc([N+](=O)[O-])c1. The summed E-state index contributed by atoms with van der Waals surface area (Å²) in [5.74, 6) is -1.91. The summed E-state index contributed by atoms with van der Waals surface area (Å²) in [6.45, 7) is 3.22. The second kappa shape index (κ2) is 7.92. The van der Waals surface area contributed by atoms with Gasteiger partial charge in [-0.2, -0.15) is 0 Å². The second-order valence-electron chi connectivity index (χ2n) is 5.04. The molecule has 0 saturated heterocycles. The zero-order valence-corrected chi connectivity index (χ0v) is 13.9. The maximum atomic E-state index is 12.2. The van der Waals surface area contributed by atoms with Crippen LogP contribution >= 0.6 is 0 Å². The highest BCUT2D eigenvalue weighted by atomic mass is 16.6. The molecule has 0 unspecified atom stereocenters. The summed E-state index contributed by atoms with van der Waals surface area (Å²) in [5.41, 5.74) is 3.71. The van der Waals surface area contributed by atoms with Gasteiger partial charge >= 0.3 is 5.97 Å². The first-order chi connectivity index (χ1) is 12.3. The van der Waals surface area contributed by atoms with Gasteiger partial charge in [0.1, 0.15) is 5.76 Å². The van der Waals surface area contributed by atoms with Crippen LogP contribution in [0.4, 0.5) is 5.69 Å². The lowest BCUT2D eigenvalue weighted by Crippen LogP contribution is -2.41. The highest BCUT2D eigenvalue weighted by Gasteiger charge is 2.19. The topological polar surface area (TPSA) is 141 Å². The molecule has 0 aliphatic carbocycles. The van der Waals surface area contributed by atoms with E-state index in [1.54, 1.807) is 13.8 Å². The fraction of sp³-hybridized carbons (Fsp3) is 0.188. The molecule has 26 heavy (non-hydrogen) atoms. The van der Waals surface area contributed by atoms with Crippen LogP contribution in [0.15, 0.2) is 34.9 Å². The van der Waals surface area contributed by atoms with Gasteiger partial charge in [-0.1, -0.05) is 0 Å². The van der Waals surface area contributed by atoms with Gasteiger partial charge in [0, 0.05) is 17.7 Å². The van der Waals surface area contributed by atoms with E-state index in [-0.39, 0.29) is 23.3 Å². The number of benzene rings is 1. The fourth-order valence-corrected chi connectivity index (χ4v) is 2.05. The number of nitro benzene ring substituents is 1. The number of amides is 2. The van der Waals surface area contributed by atoms with Crippen LogP contribution in [0.5, 0.6) is 0 Å². The normalized spacial score (nSPS) is 10.1. The molecule has 0 radical (unpaired) electrons. The summed E-state index contributed by atoms with van der Waals surface area (Å²) in [6.07, 6.45) is 1.32. The van der Waals surface area contributed by atoms with Gasteiger partial charge in [0.25, 0.3) is 17.5 Å². The Labute approximate surface area is 147 Å². The Morgan fingerprint density at radius 2 is 1.81 bits per heavy atom. The summed E-state index contributed by atoms with van der Waals surface area (Å²) in [7, 11) is 0. The number of esters is 1. The number of furan rings is 1. The van der Waals surface area contributed by atoms with Crippen molar-refractivity contribution in [2.45, 2.75) is 13.8 Å². The monoisotopic (exact) mass is 361 g/mol. The molecule has 136 valence electrons. The number of nitro groups is 1. The largest absolute Gasteiger partial charge is 0.469 e. The number of carbonyl (C=O) groups excluding carboxylic acids is 3. The van der Waals surface area contributed by atoms with E-state index in [9.17, 15) is 24.5 Å². The fourth-order valence-electron chi connectivity index (χ4n) is 2.05. The van der Waals surface area contributed by atoms with Crippen LogP contribution in [0.3, 0.4) is 0 Å². The van der Waals surface area contributed by atoms with Gasteiger partial charge in [-0.3, -0.25) is 30.6 Å². The summed E-state index contributed by atoms with van der Waals surface area (Å²) < 4.78 is 9.77. The Kier molecular flexibility index (Phi) is 5.68. The average Bonchev–Trinajstić information content (AvgIpc) is 3.05. The van der Waals surface area contributed by atoms with Gasteiger partial charge in [0.05, 0.1) is 28.9 Å². The number of hydrogen-bond donors (Lipinski definition) is 2. The van der Waals surface area contributed by atoms with Crippen molar-refractivity contribution >= 4 is 23.5 Å². The van der Waals surface area contributed by atoms with E-state index in [4.69, 9.17) is 9.15 Å². The molecule has 2 N–H and O–H groups in total. The molecule has 0 spiro atoms. The second-order valence-corrected chi connectivity index (χ2v) is 5.04. The zero-order valence-electron chi connectivity index (χ0n) is 13.9. The van der Waals surface area contributed by atoms with Gasteiger partial charge in [-0.05, 0) is 26.0 Å². The van der Waals surface area contributed by atoms with Crippen LogP contribution < -0.4 is 10.9 Å². The third kappa shape index (κ3) is 4.23. The maximum absolute atomic E-state index is 12.2. The summed E-state index contributed by atoms with van der Waals surface area (Å²) >= 11 is 0. The minimum absolute atomic E-state index is 0.0726. The van der Waals surface area contributed by atoms with E-state index >= 15 is 0 Å². The van der Waals surface area contributed by atoms with E-state index in [0.29, 0.717) is 5.76 Å². The number of non-ortho nitro benzene ring substituents is 1. The molecule has 0 aliphatic rings. The van der Waals surface area contributed by atoms with E-state index in [2.05, 4.69) is 10.9 Å². The molecule has 10 heteroatoms. The Morgan fingerprint density at radius 1 is 1.15 bits per heavy atom. The standard InChI is InChI=1S/C16H15N3O7/c1-3-25-16(22)11-6-10(7-12(8-11)19(23)24)14(20)17-18-15(21)13-4-5-26-9(13)2/h4-8H,3H2,1-2H3,(H,17,20)(H,18,21). The molecular formula is C16H15N3O7. The molecule has 2 amide bonds. The van der Waals surface area contributed by atoms with Crippen LogP contribution in [0.2, 0.25) is 0 Å². The molecule has 1 heterocycles. The summed E-state index contributed by atoms with van der Waals surface area (Å²) in [4.78, 5) is 46.2. The molecule has 10 nitrogen and oxygen atoms in total. The molecular weight excluding hydrogens is 346 g/mol. The molecule has 0 bridgehead atoms. The predicted octanol–water partition coefficient (Wildman–Crippen LogP) is 1.75. The molecule has 0 atom stereocenters. The Hall–Kier alpha value is -3.69. The lowest BCUT2D eigenvalue weighted by molar-refractivity contribution is -0.384. The molecule has 1 aromatic heterocycles. The average molecular weight is 361 g/mol. The van der Waals surface area contributed by atoms with E-state index in [1.165, 1.54) is 12.3 Å². The molecule has 1 aromatic carbocycles. The maximum Gasteiger partial charge on any atom is 0.338 e. The number of ether oxygens (including phenoxy) is 1. The van der Waals surface area contributed by atoms with Crippen LogP contribution in [-0.4, -0.2) is 29.3 Å². The third-order valence-electron chi connectivity index (χ3n) is 3.29. The van der Waals surface area contributed by atoms with Gasteiger partial charge in [0.15, 0.2) is 0 Å². The highest BCUT2D eigenvalue weighted by Crippen LogP contribution is 2.18. The zero-order chi connectivity index (χ0) is 19.3. The molecule has 2 rings (SSSR count). The van der Waals surface area contributed by atoms with Crippen LogP contribution in [0, 0.1) is 17.0 Å². The van der Waals surface area contributed by atoms with Gasteiger partial charge < -0.3 is 9.15 Å².